The van der Waals surface area contributed by atoms with Crippen molar-refractivity contribution >= 4 is 34.0 Å². The summed E-state index contributed by atoms with van der Waals surface area (Å²) in [6.07, 6.45) is 0. The van der Waals surface area contributed by atoms with Crippen LogP contribution in [-0.4, -0.2) is 16.7 Å². The zero-order valence-corrected chi connectivity index (χ0v) is 16.2. The predicted octanol–water partition coefficient (Wildman–Crippen LogP) is 4.89. The standard InChI is InChI=1S/C20H18ClNO4S/c1-2-25-16-7-5-15(6-8-16)22-20(23)19-12-9-17(26-19)13-27(24)18-10-3-14(21)4-11-18/h3-12H,2,13H2,1H3,(H,22,23)/t27-/m1/s1. The Bertz CT molecular complexity index is 935. The number of hydrogen-bond acceptors (Lipinski definition) is 4. The molecular weight excluding hydrogens is 386 g/mol. The quantitative estimate of drug-likeness (QED) is 0.609. The Morgan fingerprint density at radius 1 is 1.07 bits per heavy atom. The number of amides is 1. The van der Waals surface area contributed by atoms with E-state index in [0.717, 1.165) is 5.75 Å². The Hall–Kier alpha value is -2.57. The molecule has 0 unspecified atom stereocenters. The molecule has 1 aromatic heterocycles. The van der Waals surface area contributed by atoms with Gasteiger partial charge in [-0.05, 0) is 67.6 Å². The lowest BCUT2D eigenvalue weighted by atomic mass is 10.3. The molecule has 0 spiro atoms. The highest BCUT2D eigenvalue weighted by molar-refractivity contribution is 7.84. The van der Waals surface area contributed by atoms with Crippen molar-refractivity contribution in [1.29, 1.82) is 0 Å². The number of furan rings is 1. The van der Waals surface area contributed by atoms with Gasteiger partial charge in [0.2, 0.25) is 0 Å². The van der Waals surface area contributed by atoms with Crippen LogP contribution in [0.2, 0.25) is 5.02 Å². The third kappa shape index (κ3) is 5.21. The van der Waals surface area contributed by atoms with Gasteiger partial charge >= 0.3 is 0 Å². The molecule has 1 amide bonds. The number of rotatable bonds is 7. The summed E-state index contributed by atoms with van der Waals surface area (Å²) in [4.78, 5) is 13.0. The first kappa shape index (κ1) is 19.2. The van der Waals surface area contributed by atoms with E-state index in [1.807, 2.05) is 6.92 Å². The molecule has 0 saturated carbocycles. The number of nitrogens with one attached hydrogen (secondary N) is 1. The number of anilines is 1. The zero-order valence-electron chi connectivity index (χ0n) is 14.6. The molecule has 0 aliphatic heterocycles. The highest BCUT2D eigenvalue weighted by atomic mass is 35.5. The van der Waals surface area contributed by atoms with Crippen LogP contribution in [0, 0.1) is 0 Å². The van der Waals surface area contributed by atoms with Crippen molar-refractivity contribution in [3.8, 4) is 5.75 Å². The molecule has 2 aromatic carbocycles. The fourth-order valence-electron chi connectivity index (χ4n) is 2.37. The third-order valence-electron chi connectivity index (χ3n) is 3.66. The van der Waals surface area contributed by atoms with Gasteiger partial charge in [-0.1, -0.05) is 11.6 Å². The molecule has 0 aliphatic rings. The largest absolute Gasteiger partial charge is 0.494 e. The van der Waals surface area contributed by atoms with E-state index >= 15 is 0 Å². The van der Waals surface area contributed by atoms with Gasteiger partial charge in [-0.25, -0.2) is 0 Å². The monoisotopic (exact) mass is 403 g/mol. The van der Waals surface area contributed by atoms with Crippen LogP contribution in [0.4, 0.5) is 5.69 Å². The van der Waals surface area contributed by atoms with E-state index in [1.165, 1.54) is 0 Å². The second-order valence-electron chi connectivity index (χ2n) is 5.62. The van der Waals surface area contributed by atoms with Gasteiger partial charge in [0.05, 0.1) is 23.2 Å². The molecule has 1 N–H and O–H groups in total. The van der Waals surface area contributed by atoms with Crippen LogP contribution in [0.5, 0.6) is 5.75 Å². The number of ether oxygens (including phenoxy) is 1. The Morgan fingerprint density at radius 2 is 1.78 bits per heavy atom. The molecule has 5 nitrogen and oxygen atoms in total. The van der Waals surface area contributed by atoms with Crippen molar-refractivity contribution in [3.63, 3.8) is 0 Å². The maximum absolute atomic E-state index is 12.4. The molecule has 0 fully saturated rings. The Balaban J connectivity index is 1.61. The first-order valence-corrected chi connectivity index (χ1v) is 10.0. The number of hydrogen-bond donors (Lipinski definition) is 1. The average molecular weight is 404 g/mol. The molecule has 1 atom stereocenters. The van der Waals surface area contributed by atoms with Crippen LogP contribution in [0.1, 0.15) is 23.2 Å². The average Bonchev–Trinajstić information content (AvgIpc) is 3.13. The van der Waals surface area contributed by atoms with Crippen molar-refractivity contribution in [2.75, 3.05) is 11.9 Å². The highest BCUT2D eigenvalue weighted by Gasteiger charge is 2.14. The SMILES string of the molecule is CCOc1ccc(NC(=O)c2ccc(C[S@@](=O)c3ccc(Cl)cc3)o2)cc1. The van der Waals surface area contributed by atoms with Crippen LogP contribution in [-0.2, 0) is 16.6 Å². The molecule has 0 bridgehead atoms. The smallest absolute Gasteiger partial charge is 0.291 e. The van der Waals surface area contributed by atoms with Gasteiger partial charge in [0.25, 0.3) is 5.91 Å². The summed E-state index contributed by atoms with van der Waals surface area (Å²) in [5, 5.41) is 3.34. The van der Waals surface area contributed by atoms with Crippen molar-refractivity contribution in [2.45, 2.75) is 17.6 Å². The summed E-state index contributed by atoms with van der Waals surface area (Å²) >= 11 is 5.84. The van der Waals surface area contributed by atoms with Crippen LogP contribution >= 0.6 is 11.6 Å². The van der Waals surface area contributed by atoms with Crippen molar-refractivity contribution in [3.05, 3.63) is 77.2 Å². The second kappa shape index (κ2) is 8.88. The molecule has 27 heavy (non-hydrogen) atoms. The molecule has 0 aliphatic carbocycles. The fourth-order valence-corrected chi connectivity index (χ4v) is 3.52. The second-order valence-corrected chi connectivity index (χ2v) is 7.51. The molecule has 0 radical (unpaired) electrons. The lowest BCUT2D eigenvalue weighted by Crippen LogP contribution is -2.10. The maximum Gasteiger partial charge on any atom is 0.291 e. The summed E-state index contributed by atoms with van der Waals surface area (Å²) in [6.45, 7) is 2.49. The summed E-state index contributed by atoms with van der Waals surface area (Å²) < 4.78 is 23.3. The van der Waals surface area contributed by atoms with Gasteiger partial charge in [0.15, 0.2) is 5.76 Å². The molecule has 1 heterocycles. The van der Waals surface area contributed by atoms with E-state index in [4.69, 9.17) is 20.8 Å². The fraction of sp³-hybridized carbons (Fsp3) is 0.150. The van der Waals surface area contributed by atoms with Gasteiger partial charge in [-0.2, -0.15) is 0 Å². The Kier molecular flexibility index (Phi) is 6.32. The normalized spacial score (nSPS) is 11.8. The van der Waals surface area contributed by atoms with E-state index in [1.54, 1.807) is 60.7 Å². The molecule has 7 heteroatoms. The zero-order chi connectivity index (χ0) is 19.2. The number of carbonyl (C=O) groups excluding carboxylic acids is 1. The summed E-state index contributed by atoms with van der Waals surface area (Å²) in [6, 6.07) is 17.1. The van der Waals surface area contributed by atoms with Crippen LogP contribution in [0.25, 0.3) is 0 Å². The highest BCUT2D eigenvalue weighted by Crippen LogP contribution is 2.19. The van der Waals surface area contributed by atoms with E-state index in [2.05, 4.69) is 5.32 Å². The van der Waals surface area contributed by atoms with Crippen molar-refractivity contribution < 1.29 is 18.2 Å². The first-order chi connectivity index (χ1) is 13.0. The molecule has 3 rings (SSSR count). The van der Waals surface area contributed by atoms with Gasteiger partial charge in [0.1, 0.15) is 11.5 Å². The Labute approximate surface area is 164 Å². The molecular formula is C20H18ClNO4S. The topological polar surface area (TPSA) is 68.5 Å². The molecule has 0 saturated heterocycles. The first-order valence-electron chi connectivity index (χ1n) is 8.32. The number of halogens is 1. The van der Waals surface area contributed by atoms with Gasteiger partial charge in [-0.3, -0.25) is 9.00 Å². The summed E-state index contributed by atoms with van der Waals surface area (Å²) in [5.74, 6) is 1.17. The van der Waals surface area contributed by atoms with Crippen LogP contribution in [0.3, 0.4) is 0 Å². The minimum Gasteiger partial charge on any atom is -0.494 e. The van der Waals surface area contributed by atoms with E-state index < -0.39 is 10.8 Å². The van der Waals surface area contributed by atoms with E-state index in [-0.39, 0.29) is 17.4 Å². The number of carbonyl (C=O) groups is 1. The van der Waals surface area contributed by atoms with Crippen LogP contribution in [0.15, 0.2) is 70.0 Å². The minimum absolute atomic E-state index is 0.159. The molecule has 3 aromatic rings. The van der Waals surface area contributed by atoms with Gasteiger partial charge in [0, 0.05) is 15.6 Å². The van der Waals surface area contributed by atoms with Crippen molar-refractivity contribution in [1.82, 2.24) is 0 Å². The lowest BCUT2D eigenvalue weighted by Gasteiger charge is -2.06. The third-order valence-corrected chi connectivity index (χ3v) is 5.26. The van der Waals surface area contributed by atoms with E-state index in [9.17, 15) is 9.00 Å². The minimum atomic E-state index is -1.28. The van der Waals surface area contributed by atoms with Crippen molar-refractivity contribution in [2.24, 2.45) is 0 Å². The predicted molar refractivity (Wildman–Crippen MR) is 106 cm³/mol. The van der Waals surface area contributed by atoms with E-state index in [0.29, 0.717) is 28.0 Å². The Morgan fingerprint density at radius 3 is 2.44 bits per heavy atom. The molecule has 140 valence electrons. The summed E-state index contributed by atoms with van der Waals surface area (Å²) in [5.41, 5.74) is 0.631. The van der Waals surface area contributed by atoms with Gasteiger partial charge < -0.3 is 14.5 Å². The maximum atomic E-state index is 12.4. The van der Waals surface area contributed by atoms with Gasteiger partial charge in [-0.15, -0.1) is 0 Å². The summed E-state index contributed by atoms with van der Waals surface area (Å²) in [7, 11) is -1.28. The number of benzene rings is 2. The lowest BCUT2D eigenvalue weighted by molar-refractivity contribution is 0.0995. The van der Waals surface area contributed by atoms with Crippen LogP contribution < -0.4 is 10.1 Å².